The zero-order valence-electron chi connectivity index (χ0n) is 29.2. The summed E-state index contributed by atoms with van der Waals surface area (Å²) >= 11 is 3.62. The highest BCUT2D eigenvalue weighted by atomic mass is 79.9. The molecule has 0 aliphatic carbocycles. The minimum Gasteiger partial charge on any atom is -0.488 e. The van der Waals surface area contributed by atoms with Crippen molar-refractivity contribution in [3.63, 3.8) is 0 Å². The van der Waals surface area contributed by atoms with Crippen molar-refractivity contribution >= 4 is 49.4 Å². The lowest BCUT2D eigenvalue weighted by Gasteiger charge is -2.23. The Morgan fingerprint density at radius 2 is 1.12 bits per heavy atom. The summed E-state index contributed by atoms with van der Waals surface area (Å²) in [5.41, 5.74) is 0. The first-order valence-electron chi connectivity index (χ1n) is 17.6. The summed E-state index contributed by atoms with van der Waals surface area (Å²) in [6.45, 7) is 12.9. The lowest BCUT2D eigenvalue weighted by molar-refractivity contribution is -0.154. The van der Waals surface area contributed by atoms with Gasteiger partial charge in [0.25, 0.3) is 0 Å². The maximum atomic E-state index is 12.7. The molecule has 268 valence electrons. The lowest BCUT2D eigenvalue weighted by Crippen LogP contribution is -2.30. The van der Waals surface area contributed by atoms with Crippen LogP contribution in [0.5, 0.6) is 11.5 Å². The summed E-state index contributed by atoms with van der Waals surface area (Å²) in [5, 5.41) is 3.29. The zero-order valence-corrected chi connectivity index (χ0v) is 30.8. The number of carbonyl (C=O) groups is 2. The Labute approximate surface area is 300 Å². The third-order valence-electron chi connectivity index (χ3n) is 7.86. The second kappa shape index (κ2) is 23.1. The first-order chi connectivity index (χ1) is 23.9. The van der Waals surface area contributed by atoms with E-state index in [0.29, 0.717) is 37.6 Å². The van der Waals surface area contributed by atoms with Gasteiger partial charge in [0.05, 0.1) is 26.4 Å². The Morgan fingerprint density at radius 1 is 0.653 bits per heavy atom. The minimum atomic E-state index is -0.608. The number of hydrogen-bond donors (Lipinski definition) is 0. The molecule has 0 aliphatic rings. The third-order valence-corrected chi connectivity index (χ3v) is 8.35. The van der Waals surface area contributed by atoms with Crippen LogP contribution in [-0.2, 0) is 28.5 Å². The van der Waals surface area contributed by atoms with E-state index < -0.39 is 12.2 Å². The first kappa shape index (κ1) is 40.0. The fraction of sp³-hybridized carbons (Fsp3) is 0.500. The number of rotatable bonds is 26. The molecule has 3 rings (SSSR count). The number of ether oxygens (including phenoxy) is 6. The van der Waals surface area contributed by atoms with E-state index in [-0.39, 0.29) is 38.4 Å². The highest BCUT2D eigenvalue weighted by molar-refractivity contribution is 9.10. The van der Waals surface area contributed by atoms with E-state index in [1.807, 2.05) is 42.5 Å². The number of esters is 2. The molecule has 0 bridgehead atoms. The maximum Gasteiger partial charge on any atom is 0.306 e. The highest BCUT2D eigenvalue weighted by Gasteiger charge is 2.22. The van der Waals surface area contributed by atoms with E-state index in [4.69, 9.17) is 28.4 Å². The molecule has 0 aliphatic heterocycles. The third kappa shape index (κ3) is 13.8. The summed E-state index contributed by atoms with van der Waals surface area (Å²) in [5.74, 6) is 0.753. The molecular formula is C40H53BrO8. The van der Waals surface area contributed by atoms with E-state index in [1.54, 1.807) is 12.2 Å². The molecule has 0 aromatic heterocycles. The molecule has 0 saturated carbocycles. The van der Waals surface area contributed by atoms with E-state index in [1.165, 1.54) is 0 Å². The van der Waals surface area contributed by atoms with Gasteiger partial charge in [0.1, 0.15) is 24.7 Å². The van der Waals surface area contributed by atoms with Gasteiger partial charge in [-0.3, -0.25) is 9.59 Å². The average molecular weight is 742 g/mol. The minimum absolute atomic E-state index is 0.0978. The van der Waals surface area contributed by atoms with Crippen LogP contribution < -0.4 is 9.47 Å². The number of carbonyl (C=O) groups excluding carboxylic acids is 2. The van der Waals surface area contributed by atoms with Crippen molar-refractivity contribution in [2.45, 2.75) is 90.3 Å². The van der Waals surface area contributed by atoms with Crippen LogP contribution in [0.15, 0.2) is 72.2 Å². The molecule has 49 heavy (non-hydrogen) atoms. The second-order valence-corrected chi connectivity index (χ2v) is 12.9. The normalized spacial score (nSPS) is 12.4. The van der Waals surface area contributed by atoms with Gasteiger partial charge >= 0.3 is 11.9 Å². The van der Waals surface area contributed by atoms with Crippen molar-refractivity contribution in [1.82, 2.24) is 0 Å². The van der Waals surface area contributed by atoms with Crippen molar-refractivity contribution in [2.24, 2.45) is 0 Å². The Bertz CT molecular complexity index is 1470. The molecular weight excluding hydrogens is 688 g/mol. The summed E-state index contributed by atoms with van der Waals surface area (Å²) in [6, 6.07) is 13.7. The average Bonchev–Trinajstić information content (AvgIpc) is 3.09. The lowest BCUT2D eigenvalue weighted by atomic mass is 10.0. The first-order valence-corrected chi connectivity index (χ1v) is 18.4. The van der Waals surface area contributed by atoms with Crippen molar-refractivity contribution < 1.29 is 38.0 Å². The van der Waals surface area contributed by atoms with Gasteiger partial charge in [-0.15, -0.1) is 13.2 Å². The van der Waals surface area contributed by atoms with Gasteiger partial charge in [0, 0.05) is 38.9 Å². The molecule has 0 saturated heterocycles. The molecule has 0 N–H and O–H groups in total. The highest BCUT2D eigenvalue weighted by Crippen LogP contribution is 2.44. The summed E-state index contributed by atoms with van der Waals surface area (Å²) in [6.07, 6.45) is 10.8. The van der Waals surface area contributed by atoms with Gasteiger partial charge in [-0.25, -0.2) is 0 Å². The van der Waals surface area contributed by atoms with Crippen LogP contribution >= 0.6 is 15.9 Å². The van der Waals surface area contributed by atoms with E-state index in [2.05, 4.69) is 42.9 Å². The molecule has 2 unspecified atom stereocenters. The fourth-order valence-electron chi connectivity index (χ4n) is 5.42. The van der Waals surface area contributed by atoms with Crippen LogP contribution in [0, 0.1) is 0 Å². The fourth-order valence-corrected chi connectivity index (χ4v) is 5.78. The number of benzene rings is 3. The smallest absolute Gasteiger partial charge is 0.306 e. The summed E-state index contributed by atoms with van der Waals surface area (Å²) < 4.78 is 36.9. The molecule has 0 heterocycles. The summed E-state index contributed by atoms with van der Waals surface area (Å²) in [7, 11) is 0. The van der Waals surface area contributed by atoms with Crippen molar-refractivity contribution in [3.05, 3.63) is 72.2 Å². The van der Waals surface area contributed by atoms with Crippen molar-refractivity contribution in [2.75, 3.05) is 39.6 Å². The second-order valence-electron chi connectivity index (χ2n) is 12.0. The summed E-state index contributed by atoms with van der Waals surface area (Å²) in [4.78, 5) is 25.4. The Hall–Kier alpha value is -3.40. The molecule has 2 atom stereocenters. The SMILES string of the molecule is C=CCOCC(COc1c2ccccc2c(OCC(COCC=C)OC(=O)CCCCCC)c2cc(Br)ccc12)OC(=O)CCCCCC. The zero-order chi connectivity index (χ0) is 35.3. The predicted molar refractivity (Wildman–Crippen MR) is 199 cm³/mol. The van der Waals surface area contributed by atoms with Crippen LogP contribution in [0.25, 0.3) is 21.5 Å². The van der Waals surface area contributed by atoms with Crippen LogP contribution in [0.2, 0.25) is 0 Å². The number of halogens is 1. The Morgan fingerprint density at radius 3 is 1.59 bits per heavy atom. The monoisotopic (exact) mass is 740 g/mol. The Kier molecular flexibility index (Phi) is 18.9. The van der Waals surface area contributed by atoms with Crippen LogP contribution in [0.4, 0.5) is 0 Å². The van der Waals surface area contributed by atoms with Gasteiger partial charge in [-0.2, -0.15) is 0 Å². The van der Waals surface area contributed by atoms with Crippen molar-refractivity contribution in [1.29, 1.82) is 0 Å². The number of unbranched alkanes of at least 4 members (excludes halogenated alkanes) is 6. The molecule has 8 nitrogen and oxygen atoms in total. The molecule has 9 heteroatoms. The van der Waals surface area contributed by atoms with Crippen LogP contribution in [0.1, 0.15) is 78.1 Å². The standard InChI is InChI=1S/C40H53BrO8/c1-5-9-11-13-19-37(42)48-31(26-44-23-7-3)28-46-39-33-17-15-16-18-34(33)40(36-25-30(41)21-22-35(36)39)47-29-32(27-45-24-8-4)49-38(43)20-14-12-10-6-2/h7-8,15-18,21-22,25,31-32H,3-6,9-14,19-20,23-24,26-29H2,1-2H3. The van der Waals surface area contributed by atoms with Gasteiger partial charge in [0.2, 0.25) is 0 Å². The van der Waals surface area contributed by atoms with E-state index in [9.17, 15) is 9.59 Å². The van der Waals surface area contributed by atoms with Gasteiger partial charge in [0.15, 0.2) is 12.2 Å². The molecule has 0 fully saturated rings. The van der Waals surface area contributed by atoms with Crippen molar-refractivity contribution in [3.8, 4) is 11.5 Å². The largest absolute Gasteiger partial charge is 0.488 e. The maximum absolute atomic E-state index is 12.7. The van der Waals surface area contributed by atoms with Crippen LogP contribution in [-0.4, -0.2) is 63.8 Å². The van der Waals surface area contributed by atoms with E-state index in [0.717, 1.165) is 77.4 Å². The van der Waals surface area contributed by atoms with Crippen LogP contribution in [0.3, 0.4) is 0 Å². The topological polar surface area (TPSA) is 89.5 Å². The quantitative estimate of drug-likeness (QED) is 0.0348. The molecule has 0 spiro atoms. The van der Waals surface area contributed by atoms with E-state index >= 15 is 0 Å². The Balaban J connectivity index is 1.88. The number of hydrogen-bond acceptors (Lipinski definition) is 8. The molecule has 3 aromatic carbocycles. The number of fused-ring (bicyclic) bond motifs is 2. The molecule has 0 radical (unpaired) electrons. The van der Waals surface area contributed by atoms with Gasteiger partial charge in [-0.05, 0) is 31.0 Å². The molecule has 0 amide bonds. The van der Waals surface area contributed by atoms with Gasteiger partial charge in [-0.1, -0.05) is 105 Å². The molecule has 3 aromatic rings. The predicted octanol–water partition coefficient (Wildman–Crippen LogP) is 9.68. The van der Waals surface area contributed by atoms with Gasteiger partial charge < -0.3 is 28.4 Å².